The number of Topliss-reactive ketones (excluding diaryl/α,β-unsaturated/α-hetero) is 1. The first-order valence-electron chi connectivity index (χ1n) is 6.49. The third kappa shape index (κ3) is 1.31. The first kappa shape index (κ1) is 11.8. The summed E-state index contributed by atoms with van der Waals surface area (Å²) in [5.41, 5.74) is 2.87. The molecule has 98 valence electrons. The van der Waals surface area contributed by atoms with Crippen LogP contribution in [0.4, 0.5) is 0 Å². The number of phenols is 1. The molecule has 4 heteroatoms. The van der Waals surface area contributed by atoms with E-state index in [1.807, 2.05) is 6.07 Å². The summed E-state index contributed by atoms with van der Waals surface area (Å²) in [4.78, 5) is 12.2. The van der Waals surface area contributed by atoms with Gasteiger partial charge in [-0.05, 0) is 48.4 Å². The highest BCUT2D eigenvalue weighted by atomic mass is 35.5. The number of hydrogen-bond donors (Lipinski definition) is 1. The molecule has 0 aliphatic heterocycles. The maximum atomic E-state index is 12.2. The quantitative estimate of drug-likeness (QED) is 0.787. The van der Waals surface area contributed by atoms with Gasteiger partial charge in [0.1, 0.15) is 5.75 Å². The predicted molar refractivity (Wildman–Crippen MR) is 74.4 cm³/mol. The topological polar surface area (TPSA) is 37.3 Å². The zero-order chi connectivity index (χ0) is 13.4. The fourth-order valence-electron chi connectivity index (χ4n) is 4.12. The molecule has 2 nitrogen and oxygen atoms in total. The van der Waals surface area contributed by atoms with Gasteiger partial charge in [-0.1, -0.05) is 29.3 Å². The molecule has 0 aromatic heterocycles. The van der Waals surface area contributed by atoms with Crippen molar-refractivity contribution >= 4 is 34.6 Å². The number of hydrogen-bond acceptors (Lipinski definition) is 2. The minimum Gasteiger partial charge on any atom is -0.506 e. The van der Waals surface area contributed by atoms with Gasteiger partial charge in [-0.15, -0.1) is 0 Å². The van der Waals surface area contributed by atoms with E-state index in [-0.39, 0.29) is 22.9 Å². The van der Waals surface area contributed by atoms with Crippen molar-refractivity contribution in [3.8, 4) is 5.75 Å². The Balaban J connectivity index is 2.03. The van der Waals surface area contributed by atoms with Crippen LogP contribution >= 0.6 is 23.2 Å². The largest absolute Gasteiger partial charge is 0.506 e. The van der Waals surface area contributed by atoms with Crippen LogP contribution in [0.25, 0.3) is 5.57 Å². The van der Waals surface area contributed by atoms with Crippen LogP contribution in [0.5, 0.6) is 5.75 Å². The molecule has 3 aliphatic rings. The average Bonchev–Trinajstić information content (AvgIpc) is 2.93. The number of aromatic hydroxyl groups is 1. The van der Waals surface area contributed by atoms with Gasteiger partial charge in [0.25, 0.3) is 0 Å². The molecule has 0 unspecified atom stereocenters. The van der Waals surface area contributed by atoms with Crippen LogP contribution in [0, 0.1) is 11.3 Å². The van der Waals surface area contributed by atoms with Gasteiger partial charge in [-0.25, -0.2) is 0 Å². The molecule has 0 radical (unpaired) electrons. The Labute approximate surface area is 121 Å². The van der Waals surface area contributed by atoms with Crippen LogP contribution < -0.4 is 0 Å². The van der Waals surface area contributed by atoms with Crippen LogP contribution in [0.2, 0.25) is 5.02 Å². The molecule has 2 atom stereocenters. The van der Waals surface area contributed by atoms with Crippen LogP contribution in [-0.4, -0.2) is 10.9 Å². The van der Waals surface area contributed by atoms with Crippen LogP contribution in [0.15, 0.2) is 17.2 Å². The lowest BCUT2D eigenvalue weighted by Gasteiger charge is -2.30. The Morgan fingerprint density at radius 1 is 1.32 bits per heavy atom. The Morgan fingerprint density at radius 2 is 2.11 bits per heavy atom. The van der Waals surface area contributed by atoms with Gasteiger partial charge < -0.3 is 5.11 Å². The standard InChI is InChI=1S/C15H12Cl2O2/c16-12-9-6-15-4-3-7(5-15)14(19)13(17)11(15)8(9)1-2-10(12)18/h1-2,7,18H,3-6H2/t7-,15+/m0/s1. The average molecular weight is 295 g/mol. The van der Waals surface area contributed by atoms with Gasteiger partial charge in [0.05, 0.1) is 10.1 Å². The fourth-order valence-corrected chi connectivity index (χ4v) is 4.81. The summed E-state index contributed by atoms with van der Waals surface area (Å²) in [6.45, 7) is 0. The minimum absolute atomic E-state index is 0.0184. The van der Waals surface area contributed by atoms with Gasteiger partial charge in [0.15, 0.2) is 5.78 Å². The highest BCUT2D eigenvalue weighted by molar-refractivity contribution is 6.47. The highest BCUT2D eigenvalue weighted by Crippen LogP contribution is 2.63. The van der Waals surface area contributed by atoms with E-state index >= 15 is 0 Å². The summed E-state index contributed by atoms with van der Waals surface area (Å²) >= 11 is 12.6. The molecular weight excluding hydrogens is 283 g/mol. The molecule has 1 fully saturated rings. The molecule has 1 N–H and O–H groups in total. The molecule has 0 amide bonds. The Morgan fingerprint density at radius 3 is 2.89 bits per heavy atom. The van der Waals surface area contributed by atoms with E-state index in [2.05, 4.69) is 0 Å². The van der Waals surface area contributed by atoms with Gasteiger partial charge in [0.2, 0.25) is 0 Å². The Bertz CT molecular complexity index is 662. The number of rotatable bonds is 0. The van der Waals surface area contributed by atoms with Crippen molar-refractivity contribution in [1.82, 2.24) is 0 Å². The normalized spacial score (nSPS) is 31.7. The SMILES string of the molecule is O=C1C(Cl)=C2c3ccc(O)c(Cl)c3C[C@]23CC[C@H]1C3. The van der Waals surface area contributed by atoms with Crippen molar-refractivity contribution in [3.63, 3.8) is 0 Å². The zero-order valence-corrected chi connectivity index (χ0v) is 11.7. The van der Waals surface area contributed by atoms with Gasteiger partial charge in [0, 0.05) is 11.3 Å². The third-order valence-corrected chi connectivity index (χ3v) is 5.75. The summed E-state index contributed by atoms with van der Waals surface area (Å²) in [6.07, 6.45) is 3.57. The summed E-state index contributed by atoms with van der Waals surface area (Å²) in [7, 11) is 0. The molecule has 2 bridgehead atoms. The van der Waals surface area contributed by atoms with E-state index in [4.69, 9.17) is 23.2 Å². The number of halogens is 2. The maximum Gasteiger partial charge on any atom is 0.177 e. The summed E-state index contributed by atoms with van der Waals surface area (Å²) in [5.74, 6) is 0.271. The van der Waals surface area contributed by atoms with Crippen molar-refractivity contribution in [3.05, 3.63) is 33.3 Å². The minimum atomic E-state index is -0.0184. The monoisotopic (exact) mass is 294 g/mol. The van der Waals surface area contributed by atoms with Crippen molar-refractivity contribution in [2.75, 3.05) is 0 Å². The molecule has 1 aromatic carbocycles. The molecule has 3 aliphatic carbocycles. The van der Waals surface area contributed by atoms with E-state index in [0.29, 0.717) is 10.1 Å². The molecule has 1 spiro atoms. The summed E-state index contributed by atoms with van der Waals surface area (Å²) in [6, 6.07) is 3.43. The second-order valence-corrected chi connectivity index (χ2v) is 6.63. The predicted octanol–water partition coefficient (Wildman–Crippen LogP) is 3.92. The molecule has 0 saturated heterocycles. The van der Waals surface area contributed by atoms with E-state index in [1.54, 1.807) is 6.07 Å². The van der Waals surface area contributed by atoms with E-state index < -0.39 is 0 Å². The molecule has 19 heavy (non-hydrogen) atoms. The van der Waals surface area contributed by atoms with E-state index in [0.717, 1.165) is 42.4 Å². The Hall–Kier alpha value is -0.990. The smallest absolute Gasteiger partial charge is 0.177 e. The summed E-state index contributed by atoms with van der Waals surface area (Å²) in [5, 5.41) is 10.6. The molecule has 1 saturated carbocycles. The zero-order valence-electron chi connectivity index (χ0n) is 10.2. The number of ketones is 1. The number of carbonyl (C=O) groups excluding carboxylic acids is 1. The summed E-state index contributed by atoms with van der Waals surface area (Å²) < 4.78 is 0. The van der Waals surface area contributed by atoms with Crippen molar-refractivity contribution < 1.29 is 9.90 Å². The van der Waals surface area contributed by atoms with Gasteiger partial charge in [-0.2, -0.15) is 0 Å². The maximum absolute atomic E-state index is 12.2. The molecule has 0 heterocycles. The Kier molecular flexibility index (Phi) is 2.21. The highest BCUT2D eigenvalue weighted by Gasteiger charge is 2.54. The lowest BCUT2D eigenvalue weighted by Crippen LogP contribution is -2.25. The van der Waals surface area contributed by atoms with Crippen LogP contribution in [0.1, 0.15) is 30.4 Å². The first-order valence-corrected chi connectivity index (χ1v) is 7.24. The molecule has 1 aromatic rings. The van der Waals surface area contributed by atoms with Gasteiger partial charge >= 0.3 is 0 Å². The first-order chi connectivity index (χ1) is 9.03. The lowest BCUT2D eigenvalue weighted by atomic mass is 9.74. The molecular formula is C15H12Cl2O2. The van der Waals surface area contributed by atoms with Gasteiger partial charge in [-0.3, -0.25) is 4.79 Å². The molecule has 4 rings (SSSR count). The number of benzene rings is 1. The third-order valence-electron chi connectivity index (χ3n) is 4.95. The van der Waals surface area contributed by atoms with Crippen LogP contribution in [0.3, 0.4) is 0 Å². The second-order valence-electron chi connectivity index (χ2n) is 5.87. The van der Waals surface area contributed by atoms with E-state index in [1.165, 1.54) is 0 Å². The fraction of sp³-hybridized carbons (Fsp3) is 0.400. The van der Waals surface area contributed by atoms with Crippen molar-refractivity contribution in [2.45, 2.75) is 25.7 Å². The van der Waals surface area contributed by atoms with Crippen molar-refractivity contribution in [1.29, 1.82) is 0 Å². The number of fused-ring (bicyclic) bond motifs is 3. The van der Waals surface area contributed by atoms with Crippen LogP contribution in [-0.2, 0) is 11.2 Å². The van der Waals surface area contributed by atoms with Crippen molar-refractivity contribution in [2.24, 2.45) is 11.3 Å². The lowest BCUT2D eigenvalue weighted by molar-refractivity contribution is -0.118. The number of phenolic OH excluding ortho intramolecular Hbond substituents is 1. The van der Waals surface area contributed by atoms with E-state index in [9.17, 15) is 9.90 Å². The number of carbonyl (C=O) groups is 1. The number of allylic oxidation sites excluding steroid dienone is 2. The second kappa shape index (κ2) is 3.56.